The van der Waals surface area contributed by atoms with Gasteiger partial charge in [0.2, 0.25) is 0 Å². The lowest BCUT2D eigenvalue weighted by molar-refractivity contribution is 0.0465. The predicted molar refractivity (Wildman–Crippen MR) is 52.2 cm³/mol. The molecule has 7 heteroatoms. The highest BCUT2D eigenvalue weighted by atomic mass is 16.2. The Morgan fingerprint density at radius 2 is 2.33 bits per heavy atom. The van der Waals surface area contributed by atoms with Crippen LogP contribution in [0.1, 0.15) is 24.5 Å². The fourth-order valence-electron chi connectivity index (χ4n) is 1.73. The maximum Gasteiger partial charge on any atom is 0.295 e. The van der Waals surface area contributed by atoms with Crippen LogP contribution in [0.3, 0.4) is 0 Å². The third-order valence-corrected chi connectivity index (χ3v) is 2.58. The topological polar surface area (TPSA) is 86.8 Å². The molecular formula is C8H14N6O. The molecule has 1 aromatic rings. The maximum absolute atomic E-state index is 12.0. The molecule has 0 bridgehead atoms. The van der Waals surface area contributed by atoms with Crippen molar-refractivity contribution < 1.29 is 4.79 Å². The van der Waals surface area contributed by atoms with Crippen molar-refractivity contribution in [3.63, 3.8) is 0 Å². The number of H-pyrrole nitrogens is 1. The third kappa shape index (κ3) is 1.82. The Hall–Kier alpha value is -1.50. The van der Waals surface area contributed by atoms with Crippen molar-refractivity contribution in [3.8, 4) is 0 Å². The minimum atomic E-state index is -0.212. The minimum absolute atomic E-state index is 0.130. The molecule has 2 heterocycles. The van der Waals surface area contributed by atoms with Gasteiger partial charge in [-0.3, -0.25) is 4.79 Å². The molecule has 0 spiro atoms. The fourth-order valence-corrected chi connectivity index (χ4v) is 1.73. The van der Waals surface area contributed by atoms with Crippen LogP contribution in [0, 0.1) is 0 Å². The number of hydrogen-bond donors (Lipinski definition) is 2. The summed E-state index contributed by atoms with van der Waals surface area (Å²) >= 11 is 0. The summed E-state index contributed by atoms with van der Waals surface area (Å²) in [6.07, 6.45) is 0. The lowest BCUT2D eigenvalue weighted by Gasteiger charge is -2.42. The van der Waals surface area contributed by atoms with Crippen LogP contribution in [0.15, 0.2) is 0 Å². The second-order valence-corrected chi connectivity index (χ2v) is 4.18. The summed E-state index contributed by atoms with van der Waals surface area (Å²) < 4.78 is 0. The monoisotopic (exact) mass is 210 g/mol. The second-order valence-electron chi connectivity index (χ2n) is 4.18. The quantitative estimate of drug-likeness (QED) is 0.622. The maximum atomic E-state index is 12.0. The number of hydrogen-bond acceptors (Lipinski definition) is 5. The summed E-state index contributed by atoms with van der Waals surface area (Å²) in [5, 5.41) is 16.3. The molecule has 2 N–H and O–H groups in total. The highest BCUT2D eigenvalue weighted by Gasteiger charge is 2.35. The van der Waals surface area contributed by atoms with Gasteiger partial charge in [0.1, 0.15) is 0 Å². The SMILES string of the molecule is CC1(C)CNCCN1C(=O)c1nn[nH]n1. The molecule has 0 atom stereocenters. The van der Waals surface area contributed by atoms with E-state index in [2.05, 4.69) is 25.9 Å². The Kier molecular flexibility index (Phi) is 2.39. The molecule has 82 valence electrons. The smallest absolute Gasteiger partial charge is 0.295 e. The summed E-state index contributed by atoms with van der Waals surface area (Å²) in [5.41, 5.74) is -0.212. The van der Waals surface area contributed by atoms with Gasteiger partial charge in [-0.25, -0.2) is 0 Å². The Morgan fingerprint density at radius 1 is 1.53 bits per heavy atom. The van der Waals surface area contributed by atoms with Gasteiger partial charge in [0.05, 0.1) is 5.54 Å². The van der Waals surface area contributed by atoms with Gasteiger partial charge < -0.3 is 10.2 Å². The van der Waals surface area contributed by atoms with E-state index in [0.717, 1.165) is 13.1 Å². The Bertz CT molecular complexity index is 346. The van der Waals surface area contributed by atoms with Gasteiger partial charge in [0.25, 0.3) is 11.7 Å². The zero-order chi connectivity index (χ0) is 10.9. The van der Waals surface area contributed by atoms with Crippen LogP contribution in [-0.2, 0) is 0 Å². The number of aromatic nitrogens is 4. The number of rotatable bonds is 1. The second kappa shape index (κ2) is 3.58. The fraction of sp³-hybridized carbons (Fsp3) is 0.750. The molecule has 1 amide bonds. The molecule has 1 aliphatic heterocycles. The molecule has 1 aliphatic rings. The number of piperazine rings is 1. The van der Waals surface area contributed by atoms with Crippen LogP contribution in [0.2, 0.25) is 0 Å². The third-order valence-electron chi connectivity index (χ3n) is 2.58. The van der Waals surface area contributed by atoms with Crippen molar-refractivity contribution in [3.05, 3.63) is 5.82 Å². The number of nitrogens with zero attached hydrogens (tertiary/aromatic N) is 4. The Labute approximate surface area is 87.2 Å². The molecule has 1 aromatic heterocycles. The number of carbonyl (C=O) groups excluding carboxylic acids is 1. The summed E-state index contributed by atoms with van der Waals surface area (Å²) in [4.78, 5) is 13.8. The molecule has 0 aliphatic carbocycles. The largest absolute Gasteiger partial charge is 0.328 e. The van der Waals surface area contributed by atoms with Crippen molar-refractivity contribution in [2.75, 3.05) is 19.6 Å². The first-order valence-electron chi connectivity index (χ1n) is 4.87. The van der Waals surface area contributed by atoms with Crippen LogP contribution in [-0.4, -0.2) is 56.6 Å². The van der Waals surface area contributed by atoms with E-state index in [4.69, 9.17) is 0 Å². The van der Waals surface area contributed by atoms with E-state index in [0.29, 0.717) is 6.54 Å². The summed E-state index contributed by atoms with van der Waals surface area (Å²) in [5.74, 6) is -0.0415. The molecule has 0 saturated carbocycles. The minimum Gasteiger partial charge on any atom is -0.328 e. The average Bonchev–Trinajstić information content (AvgIpc) is 2.69. The van der Waals surface area contributed by atoms with Crippen molar-refractivity contribution in [1.29, 1.82) is 0 Å². The van der Waals surface area contributed by atoms with E-state index in [-0.39, 0.29) is 17.3 Å². The van der Waals surface area contributed by atoms with Crippen LogP contribution < -0.4 is 5.32 Å². The zero-order valence-electron chi connectivity index (χ0n) is 8.82. The first-order chi connectivity index (χ1) is 7.11. The van der Waals surface area contributed by atoms with Gasteiger partial charge in [-0.2, -0.15) is 5.21 Å². The van der Waals surface area contributed by atoms with E-state index in [9.17, 15) is 4.79 Å². The van der Waals surface area contributed by atoms with Gasteiger partial charge in [-0.05, 0) is 19.1 Å². The van der Waals surface area contributed by atoms with Crippen molar-refractivity contribution in [2.24, 2.45) is 0 Å². The standard InChI is InChI=1S/C8H14N6O/c1-8(2)5-9-3-4-14(8)7(15)6-10-12-13-11-6/h9H,3-5H2,1-2H3,(H,10,11,12,13). The highest BCUT2D eigenvalue weighted by Crippen LogP contribution is 2.17. The first kappa shape index (κ1) is 10.0. The summed E-state index contributed by atoms with van der Waals surface area (Å²) in [7, 11) is 0. The van der Waals surface area contributed by atoms with Crippen LogP contribution in [0.5, 0.6) is 0 Å². The van der Waals surface area contributed by atoms with E-state index >= 15 is 0 Å². The average molecular weight is 210 g/mol. The summed E-state index contributed by atoms with van der Waals surface area (Å²) in [6.45, 7) is 6.26. The molecule has 15 heavy (non-hydrogen) atoms. The molecule has 0 radical (unpaired) electrons. The number of tetrazole rings is 1. The number of carbonyl (C=O) groups is 1. The molecule has 7 nitrogen and oxygen atoms in total. The van der Waals surface area contributed by atoms with E-state index < -0.39 is 0 Å². The first-order valence-corrected chi connectivity index (χ1v) is 4.87. The van der Waals surface area contributed by atoms with E-state index in [1.807, 2.05) is 13.8 Å². The molecule has 1 fully saturated rings. The van der Waals surface area contributed by atoms with Gasteiger partial charge in [-0.15, -0.1) is 10.2 Å². The van der Waals surface area contributed by atoms with E-state index in [1.165, 1.54) is 0 Å². The highest BCUT2D eigenvalue weighted by molar-refractivity contribution is 5.90. The van der Waals surface area contributed by atoms with Crippen molar-refractivity contribution >= 4 is 5.91 Å². The van der Waals surface area contributed by atoms with Gasteiger partial charge in [0.15, 0.2) is 0 Å². The lowest BCUT2D eigenvalue weighted by Crippen LogP contribution is -2.60. The molecule has 1 saturated heterocycles. The van der Waals surface area contributed by atoms with Crippen LogP contribution >= 0.6 is 0 Å². The van der Waals surface area contributed by atoms with Gasteiger partial charge >= 0.3 is 0 Å². The molecular weight excluding hydrogens is 196 g/mol. The normalized spacial score (nSPS) is 20.3. The van der Waals surface area contributed by atoms with Gasteiger partial charge in [0, 0.05) is 19.6 Å². The van der Waals surface area contributed by atoms with Crippen molar-refractivity contribution in [1.82, 2.24) is 30.8 Å². The summed E-state index contributed by atoms with van der Waals surface area (Å²) in [6, 6.07) is 0. The number of nitrogens with one attached hydrogen (secondary N) is 2. The molecule has 2 rings (SSSR count). The molecule has 0 unspecified atom stereocenters. The van der Waals surface area contributed by atoms with Crippen molar-refractivity contribution in [2.45, 2.75) is 19.4 Å². The zero-order valence-corrected chi connectivity index (χ0v) is 8.82. The lowest BCUT2D eigenvalue weighted by atomic mass is 10.00. The molecule has 0 aromatic carbocycles. The number of amides is 1. The van der Waals surface area contributed by atoms with Crippen LogP contribution in [0.25, 0.3) is 0 Å². The Balaban J connectivity index is 2.19. The van der Waals surface area contributed by atoms with E-state index in [1.54, 1.807) is 4.90 Å². The Morgan fingerprint density at radius 3 is 2.93 bits per heavy atom. The van der Waals surface area contributed by atoms with Gasteiger partial charge in [-0.1, -0.05) is 0 Å². The predicted octanol–water partition coefficient (Wildman–Crippen LogP) is -0.976. The van der Waals surface area contributed by atoms with Crippen LogP contribution in [0.4, 0.5) is 0 Å². The number of aromatic amines is 1.